The Morgan fingerprint density at radius 1 is 1.19 bits per heavy atom. The summed E-state index contributed by atoms with van der Waals surface area (Å²) in [5.41, 5.74) is 7.56. The van der Waals surface area contributed by atoms with Gasteiger partial charge in [0.1, 0.15) is 4.99 Å². The summed E-state index contributed by atoms with van der Waals surface area (Å²) in [4.78, 5) is 2.51. The van der Waals surface area contributed by atoms with E-state index in [4.69, 9.17) is 39.0 Å². The van der Waals surface area contributed by atoms with Crippen molar-refractivity contribution in [1.29, 1.82) is 0 Å². The van der Waals surface area contributed by atoms with Crippen LogP contribution < -0.4 is 10.6 Å². The largest absolute Gasteiger partial charge is 0.389 e. The highest BCUT2D eigenvalue weighted by Crippen LogP contribution is 2.25. The molecule has 1 aromatic rings. The Morgan fingerprint density at radius 3 is 2.24 bits per heavy atom. The van der Waals surface area contributed by atoms with Crippen LogP contribution in [0.15, 0.2) is 18.2 Å². The van der Waals surface area contributed by atoms with Gasteiger partial charge in [-0.25, -0.2) is 0 Å². The Balaban J connectivity index is 2.93. The molecule has 0 atom stereocenters. The predicted molar refractivity (Wildman–Crippen MR) is 92.5 cm³/mol. The van der Waals surface area contributed by atoms with E-state index in [1.54, 1.807) is 6.07 Å². The van der Waals surface area contributed by atoms with Gasteiger partial charge in [0.05, 0.1) is 13.2 Å². The van der Waals surface area contributed by atoms with Crippen molar-refractivity contribution in [3.8, 4) is 0 Å². The summed E-state index contributed by atoms with van der Waals surface area (Å²) in [6.07, 6.45) is 0. The summed E-state index contributed by atoms with van der Waals surface area (Å²) >= 11 is 11.2. The van der Waals surface area contributed by atoms with Gasteiger partial charge in [0.2, 0.25) is 0 Å². The van der Waals surface area contributed by atoms with Crippen molar-refractivity contribution in [3.63, 3.8) is 0 Å². The second kappa shape index (κ2) is 9.95. The van der Waals surface area contributed by atoms with Gasteiger partial charge < -0.3 is 20.1 Å². The molecule has 0 saturated carbocycles. The lowest BCUT2D eigenvalue weighted by Gasteiger charge is -2.27. The summed E-state index contributed by atoms with van der Waals surface area (Å²) in [6.45, 7) is 8.06. The van der Waals surface area contributed by atoms with E-state index in [1.165, 1.54) is 0 Å². The number of hydrogen-bond acceptors (Lipinski definition) is 4. The lowest BCUT2D eigenvalue weighted by molar-refractivity contribution is 0.141. The van der Waals surface area contributed by atoms with Crippen molar-refractivity contribution in [3.05, 3.63) is 28.8 Å². The number of anilines is 1. The molecular weight excluding hydrogens is 308 g/mol. The van der Waals surface area contributed by atoms with E-state index in [2.05, 4.69) is 4.90 Å². The molecule has 118 valence electrons. The smallest absolute Gasteiger partial charge is 0.106 e. The summed E-state index contributed by atoms with van der Waals surface area (Å²) in [6, 6.07) is 5.53. The van der Waals surface area contributed by atoms with Gasteiger partial charge in [-0.2, -0.15) is 0 Å². The summed E-state index contributed by atoms with van der Waals surface area (Å²) in [7, 11) is 0. The van der Waals surface area contributed by atoms with Gasteiger partial charge in [-0.15, -0.1) is 0 Å². The zero-order valence-electron chi connectivity index (χ0n) is 12.6. The van der Waals surface area contributed by atoms with Gasteiger partial charge in [-0.05, 0) is 32.0 Å². The number of ether oxygens (including phenoxy) is 2. The monoisotopic (exact) mass is 330 g/mol. The lowest BCUT2D eigenvalue weighted by Crippen LogP contribution is -2.33. The average molecular weight is 331 g/mol. The van der Waals surface area contributed by atoms with Crippen molar-refractivity contribution >= 4 is 34.5 Å². The summed E-state index contributed by atoms with van der Waals surface area (Å²) in [5, 5.41) is 0.655. The average Bonchev–Trinajstić information content (AvgIpc) is 2.45. The number of rotatable bonds is 10. The number of nitrogens with zero attached hydrogens (tertiary/aromatic N) is 1. The van der Waals surface area contributed by atoms with Gasteiger partial charge in [-0.1, -0.05) is 23.8 Å². The van der Waals surface area contributed by atoms with E-state index in [0.717, 1.165) is 24.3 Å². The van der Waals surface area contributed by atoms with Gasteiger partial charge >= 0.3 is 0 Å². The fraction of sp³-hybridized carbons (Fsp3) is 0.533. The van der Waals surface area contributed by atoms with Gasteiger partial charge in [0.25, 0.3) is 0 Å². The zero-order valence-corrected chi connectivity index (χ0v) is 14.2. The van der Waals surface area contributed by atoms with Crippen molar-refractivity contribution in [2.75, 3.05) is 44.4 Å². The second-order valence-corrected chi connectivity index (χ2v) is 5.28. The number of thiocarbonyl (C=S) groups is 1. The molecule has 1 aromatic carbocycles. The molecule has 2 N–H and O–H groups in total. The van der Waals surface area contributed by atoms with Crippen LogP contribution >= 0.6 is 23.8 Å². The van der Waals surface area contributed by atoms with Crippen LogP contribution in [0.4, 0.5) is 5.69 Å². The Labute approximate surface area is 137 Å². The van der Waals surface area contributed by atoms with Crippen LogP contribution in [-0.4, -0.2) is 44.5 Å². The zero-order chi connectivity index (χ0) is 15.7. The Morgan fingerprint density at radius 2 is 1.76 bits per heavy atom. The first kappa shape index (κ1) is 18.2. The normalized spacial score (nSPS) is 10.6. The molecule has 4 nitrogen and oxygen atoms in total. The third-order valence-electron chi connectivity index (χ3n) is 2.99. The first-order valence-corrected chi connectivity index (χ1v) is 7.88. The van der Waals surface area contributed by atoms with Gasteiger partial charge in [0, 0.05) is 42.6 Å². The Kier molecular flexibility index (Phi) is 8.61. The van der Waals surface area contributed by atoms with Crippen molar-refractivity contribution < 1.29 is 9.47 Å². The van der Waals surface area contributed by atoms with Crippen LogP contribution in [0.25, 0.3) is 0 Å². The highest BCUT2D eigenvalue weighted by atomic mass is 35.5. The topological polar surface area (TPSA) is 47.7 Å². The lowest BCUT2D eigenvalue weighted by atomic mass is 10.1. The molecule has 0 aliphatic heterocycles. The van der Waals surface area contributed by atoms with Crippen LogP contribution in [0.2, 0.25) is 5.02 Å². The van der Waals surface area contributed by atoms with E-state index in [9.17, 15) is 0 Å². The van der Waals surface area contributed by atoms with E-state index in [0.29, 0.717) is 36.4 Å². The summed E-state index contributed by atoms with van der Waals surface area (Å²) < 4.78 is 10.9. The van der Waals surface area contributed by atoms with Crippen LogP contribution in [0.1, 0.15) is 19.4 Å². The highest BCUT2D eigenvalue weighted by molar-refractivity contribution is 7.80. The van der Waals surface area contributed by atoms with Crippen molar-refractivity contribution in [1.82, 2.24) is 0 Å². The molecule has 0 amide bonds. The fourth-order valence-electron chi connectivity index (χ4n) is 1.97. The molecule has 0 unspecified atom stereocenters. The third kappa shape index (κ3) is 6.18. The second-order valence-electron chi connectivity index (χ2n) is 4.41. The first-order chi connectivity index (χ1) is 10.1. The minimum absolute atomic E-state index is 0.361. The maximum absolute atomic E-state index is 6.11. The van der Waals surface area contributed by atoms with E-state index in [-0.39, 0.29) is 0 Å². The molecule has 0 spiro atoms. The number of nitrogens with two attached hydrogens (primary N) is 1. The highest BCUT2D eigenvalue weighted by Gasteiger charge is 2.13. The molecule has 0 radical (unpaired) electrons. The maximum atomic E-state index is 6.11. The van der Waals surface area contributed by atoms with Crippen molar-refractivity contribution in [2.24, 2.45) is 5.73 Å². The van der Waals surface area contributed by atoms with Crippen molar-refractivity contribution in [2.45, 2.75) is 13.8 Å². The van der Waals surface area contributed by atoms with Crippen LogP contribution in [0, 0.1) is 0 Å². The molecule has 0 aliphatic rings. The molecule has 0 fully saturated rings. The molecular formula is C15H23ClN2O2S. The standard InChI is InChI=1S/C15H23ClN2O2S/c1-3-19-9-7-18(8-10-20-4-2)14-11-12(16)5-6-13(14)15(17)21/h5-6,11H,3-4,7-10H2,1-2H3,(H2,17,21). The fourth-order valence-corrected chi connectivity index (χ4v) is 2.30. The predicted octanol–water partition coefficient (Wildman–Crippen LogP) is 2.85. The molecule has 0 heterocycles. The van der Waals surface area contributed by atoms with E-state index < -0.39 is 0 Å². The third-order valence-corrected chi connectivity index (χ3v) is 3.44. The van der Waals surface area contributed by atoms with E-state index >= 15 is 0 Å². The van der Waals surface area contributed by atoms with Crippen LogP contribution in [-0.2, 0) is 9.47 Å². The Bertz CT molecular complexity index is 447. The number of halogens is 1. The molecule has 0 aromatic heterocycles. The SMILES string of the molecule is CCOCCN(CCOCC)c1cc(Cl)ccc1C(N)=S. The molecule has 6 heteroatoms. The minimum Gasteiger partial charge on any atom is -0.389 e. The molecule has 0 saturated heterocycles. The summed E-state index contributed by atoms with van der Waals surface area (Å²) in [5.74, 6) is 0. The van der Waals surface area contributed by atoms with Crippen LogP contribution in [0.5, 0.6) is 0 Å². The molecule has 21 heavy (non-hydrogen) atoms. The number of benzene rings is 1. The maximum Gasteiger partial charge on any atom is 0.106 e. The molecule has 0 aliphatic carbocycles. The van der Waals surface area contributed by atoms with Gasteiger partial charge in [-0.3, -0.25) is 0 Å². The van der Waals surface area contributed by atoms with Crippen LogP contribution in [0.3, 0.4) is 0 Å². The van der Waals surface area contributed by atoms with Gasteiger partial charge in [0.15, 0.2) is 0 Å². The number of hydrogen-bond donors (Lipinski definition) is 1. The Hall–Kier alpha value is -0.880. The minimum atomic E-state index is 0.361. The molecule has 0 bridgehead atoms. The quantitative estimate of drug-likeness (QED) is 0.528. The first-order valence-electron chi connectivity index (χ1n) is 7.09. The van der Waals surface area contributed by atoms with E-state index in [1.807, 2.05) is 26.0 Å². The molecule has 1 rings (SSSR count).